The molecule has 0 aliphatic rings. The standard InChI is InChI=1S/C14H15ClN2S/c1-2-13(16)14-8-7-12(9-17-14)18-11-5-3-10(15)4-6-11/h3-9,13H,2,16H2,1H3/t13-/m1/s1. The van der Waals surface area contributed by atoms with Gasteiger partial charge in [0.2, 0.25) is 0 Å². The second-order valence-electron chi connectivity index (χ2n) is 3.99. The van der Waals surface area contributed by atoms with Crippen molar-refractivity contribution >= 4 is 23.4 Å². The van der Waals surface area contributed by atoms with E-state index in [1.807, 2.05) is 36.5 Å². The third-order valence-corrected chi connectivity index (χ3v) is 3.87. The number of pyridine rings is 1. The van der Waals surface area contributed by atoms with Crippen molar-refractivity contribution in [2.24, 2.45) is 5.73 Å². The summed E-state index contributed by atoms with van der Waals surface area (Å²) >= 11 is 7.51. The van der Waals surface area contributed by atoms with Crippen molar-refractivity contribution in [3.05, 3.63) is 53.3 Å². The van der Waals surface area contributed by atoms with Crippen LogP contribution in [0.15, 0.2) is 52.4 Å². The highest BCUT2D eigenvalue weighted by Crippen LogP contribution is 2.28. The van der Waals surface area contributed by atoms with E-state index in [1.165, 1.54) is 0 Å². The molecule has 1 atom stereocenters. The van der Waals surface area contributed by atoms with Crippen LogP contribution in [0.5, 0.6) is 0 Å². The van der Waals surface area contributed by atoms with Gasteiger partial charge in [-0.05, 0) is 42.8 Å². The summed E-state index contributed by atoms with van der Waals surface area (Å²) in [5.41, 5.74) is 6.87. The van der Waals surface area contributed by atoms with Crippen molar-refractivity contribution < 1.29 is 0 Å². The number of nitrogens with two attached hydrogens (primary N) is 1. The van der Waals surface area contributed by atoms with Crippen LogP contribution < -0.4 is 5.73 Å². The molecule has 2 rings (SSSR count). The van der Waals surface area contributed by atoms with Gasteiger partial charge in [0.25, 0.3) is 0 Å². The third kappa shape index (κ3) is 3.48. The van der Waals surface area contributed by atoms with Crippen LogP contribution in [0.2, 0.25) is 5.02 Å². The lowest BCUT2D eigenvalue weighted by Gasteiger charge is -2.08. The molecule has 94 valence electrons. The minimum Gasteiger partial charge on any atom is -0.323 e. The molecule has 1 aromatic heterocycles. The van der Waals surface area contributed by atoms with E-state index in [-0.39, 0.29) is 6.04 Å². The molecular formula is C14H15ClN2S. The number of rotatable bonds is 4. The maximum atomic E-state index is 5.93. The Morgan fingerprint density at radius 3 is 2.39 bits per heavy atom. The lowest BCUT2D eigenvalue weighted by molar-refractivity contribution is 0.674. The fraction of sp³-hybridized carbons (Fsp3) is 0.214. The van der Waals surface area contributed by atoms with Crippen LogP contribution in [0, 0.1) is 0 Å². The summed E-state index contributed by atoms with van der Waals surface area (Å²) in [6.45, 7) is 2.06. The number of aromatic nitrogens is 1. The van der Waals surface area contributed by atoms with Crippen molar-refractivity contribution in [3.63, 3.8) is 0 Å². The molecule has 0 fully saturated rings. The summed E-state index contributed by atoms with van der Waals surface area (Å²) in [5, 5.41) is 0.752. The number of halogens is 1. The first kappa shape index (κ1) is 13.4. The first-order chi connectivity index (χ1) is 8.69. The van der Waals surface area contributed by atoms with Crippen molar-refractivity contribution in [2.75, 3.05) is 0 Å². The van der Waals surface area contributed by atoms with E-state index in [1.54, 1.807) is 11.8 Å². The highest BCUT2D eigenvalue weighted by molar-refractivity contribution is 7.99. The molecule has 0 saturated heterocycles. The third-order valence-electron chi connectivity index (χ3n) is 2.63. The number of benzene rings is 1. The zero-order valence-electron chi connectivity index (χ0n) is 10.1. The summed E-state index contributed by atoms with van der Waals surface area (Å²) in [4.78, 5) is 6.64. The van der Waals surface area contributed by atoms with Gasteiger partial charge in [-0.25, -0.2) is 0 Å². The predicted octanol–water partition coefficient (Wildman–Crippen LogP) is 4.30. The molecule has 18 heavy (non-hydrogen) atoms. The largest absolute Gasteiger partial charge is 0.323 e. The smallest absolute Gasteiger partial charge is 0.0571 e. The number of hydrogen-bond donors (Lipinski definition) is 1. The van der Waals surface area contributed by atoms with Crippen molar-refractivity contribution in [1.29, 1.82) is 0 Å². The quantitative estimate of drug-likeness (QED) is 0.906. The molecule has 0 amide bonds. The summed E-state index contributed by atoms with van der Waals surface area (Å²) < 4.78 is 0. The van der Waals surface area contributed by atoms with Crippen LogP contribution in [0.25, 0.3) is 0 Å². The van der Waals surface area contributed by atoms with Crippen LogP contribution >= 0.6 is 23.4 Å². The highest BCUT2D eigenvalue weighted by Gasteiger charge is 2.05. The zero-order chi connectivity index (χ0) is 13.0. The van der Waals surface area contributed by atoms with E-state index in [2.05, 4.69) is 18.0 Å². The second kappa shape index (κ2) is 6.23. The molecule has 2 N–H and O–H groups in total. The van der Waals surface area contributed by atoms with E-state index < -0.39 is 0 Å². The van der Waals surface area contributed by atoms with Crippen LogP contribution in [-0.2, 0) is 0 Å². The highest BCUT2D eigenvalue weighted by atomic mass is 35.5. The van der Waals surface area contributed by atoms with Crippen LogP contribution in [0.3, 0.4) is 0 Å². The van der Waals surface area contributed by atoms with E-state index in [0.29, 0.717) is 0 Å². The minimum absolute atomic E-state index is 0.0274. The Hall–Kier alpha value is -1.03. The molecule has 1 heterocycles. The molecule has 0 bridgehead atoms. The van der Waals surface area contributed by atoms with Gasteiger partial charge in [-0.2, -0.15) is 0 Å². The first-order valence-electron chi connectivity index (χ1n) is 5.84. The van der Waals surface area contributed by atoms with Crippen LogP contribution in [-0.4, -0.2) is 4.98 Å². The van der Waals surface area contributed by atoms with E-state index in [4.69, 9.17) is 17.3 Å². The summed E-state index contributed by atoms with van der Waals surface area (Å²) in [7, 11) is 0. The fourth-order valence-electron chi connectivity index (χ4n) is 1.52. The lowest BCUT2D eigenvalue weighted by atomic mass is 10.1. The first-order valence-corrected chi connectivity index (χ1v) is 7.03. The Labute approximate surface area is 117 Å². The van der Waals surface area contributed by atoms with Gasteiger partial charge in [0.05, 0.1) is 5.69 Å². The van der Waals surface area contributed by atoms with Gasteiger partial charge >= 0.3 is 0 Å². The molecular weight excluding hydrogens is 264 g/mol. The van der Waals surface area contributed by atoms with Crippen LogP contribution in [0.4, 0.5) is 0 Å². The van der Waals surface area contributed by atoms with Crippen molar-refractivity contribution in [2.45, 2.75) is 29.2 Å². The summed E-state index contributed by atoms with van der Waals surface area (Å²) in [6, 6.07) is 11.8. The topological polar surface area (TPSA) is 38.9 Å². The Kier molecular flexibility index (Phi) is 4.64. The minimum atomic E-state index is 0.0274. The van der Waals surface area contributed by atoms with E-state index in [9.17, 15) is 0 Å². The SMILES string of the molecule is CC[C@@H](N)c1ccc(Sc2ccc(Cl)cc2)cn1. The molecule has 1 aromatic carbocycles. The lowest BCUT2D eigenvalue weighted by Crippen LogP contribution is -2.10. The molecule has 0 spiro atoms. The Balaban J connectivity index is 2.08. The van der Waals surface area contributed by atoms with Gasteiger partial charge in [-0.15, -0.1) is 0 Å². The zero-order valence-corrected chi connectivity index (χ0v) is 11.7. The van der Waals surface area contributed by atoms with Gasteiger partial charge in [0, 0.05) is 27.1 Å². The molecule has 0 saturated carbocycles. The molecule has 2 aromatic rings. The maximum Gasteiger partial charge on any atom is 0.0571 e. The summed E-state index contributed by atoms with van der Waals surface area (Å²) in [5.74, 6) is 0. The molecule has 0 radical (unpaired) electrons. The Morgan fingerprint density at radius 2 is 1.83 bits per heavy atom. The number of hydrogen-bond acceptors (Lipinski definition) is 3. The average molecular weight is 279 g/mol. The normalized spacial score (nSPS) is 12.4. The maximum absolute atomic E-state index is 5.93. The molecule has 0 unspecified atom stereocenters. The Morgan fingerprint density at radius 1 is 1.17 bits per heavy atom. The van der Waals surface area contributed by atoms with E-state index in [0.717, 1.165) is 26.9 Å². The predicted molar refractivity (Wildman–Crippen MR) is 77.0 cm³/mol. The molecule has 2 nitrogen and oxygen atoms in total. The molecule has 0 aliphatic carbocycles. The monoisotopic (exact) mass is 278 g/mol. The van der Waals surface area contributed by atoms with Gasteiger partial charge in [-0.1, -0.05) is 30.3 Å². The number of nitrogens with zero attached hydrogens (tertiary/aromatic N) is 1. The Bertz CT molecular complexity index is 496. The molecule has 0 aliphatic heterocycles. The van der Waals surface area contributed by atoms with E-state index >= 15 is 0 Å². The van der Waals surface area contributed by atoms with Gasteiger partial charge in [0.1, 0.15) is 0 Å². The van der Waals surface area contributed by atoms with Crippen molar-refractivity contribution in [3.8, 4) is 0 Å². The average Bonchev–Trinajstić information content (AvgIpc) is 2.41. The van der Waals surface area contributed by atoms with Gasteiger partial charge in [0.15, 0.2) is 0 Å². The molecule has 4 heteroatoms. The van der Waals surface area contributed by atoms with Gasteiger partial charge in [-0.3, -0.25) is 4.98 Å². The fourth-order valence-corrected chi connectivity index (χ4v) is 2.43. The van der Waals surface area contributed by atoms with Crippen molar-refractivity contribution in [1.82, 2.24) is 4.98 Å². The summed E-state index contributed by atoms with van der Waals surface area (Å²) in [6.07, 6.45) is 2.76. The second-order valence-corrected chi connectivity index (χ2v) is 5.57. The van der Waals surface area contributed by atoms with Crippen LogP contribution in [0.1, 0.15) is 25.1 Å². The van der Waals surface area contributed by atoms with Gasteiger partial charge < -0.3 is 5.73 Å².